The van der Waals surface area contributed by atoms with Gasteiger partial charge in [-0.25, -0.2) is 13.6 Å². The van der Waals surface area contributed by atoms with Gasteiger partial charge in [0.2, 0.25) is 0 Å². The lowest BCUT2D eigenvalue weighted by atomic mass is 9.94. The minimum atomic E-state index is -2.61. The van der Waals surface area contributed by atoms with Crippen molar-refractivity contribution in [1.29, 1.82) is 0 Å². The summed E-state index contributed by atoms with van der Waals surface area (Å²) in [6, 6.07) is 8.83. The van der Waals surface area contributed by atoms with E-state index in [1.165, 1.54) is 12.3 Å². The Hall–Kier alpha value is -2.70. The van der Waals surface area contributed by atoms with Crippen LogP contribution in [0.4, 0.5) is 13.6 Å². The second-order valence-corrected chi connectivity index (χ2v) is 8.55. The van der Waals surface area contributed by atoms with E-state index in [2.05, 4.69) is 4.98 Å². The van der Waals surface area contributed by atoms with E-state index in [4.69, 9.17) is 15.2 Å². The van der Waals surface area contributed by atoms with Crippen LogP contribution in [0.1, 0.15) is 63.6 Å². The zero-order valence-corrected chi connectivity index (χ0v) is 17.5. The van der Waals surface area contributed by atoms with Gasteiger partial charge in [0.1, 0.15) is 23.7 Å². The average Bonchev–Trinajstić information content (AvgIpc) is 3.50. The van der Waals surface area contributed by atoms with E-state index < -0.39 is 18.1 Å². The van der Waals surface area contributed by atoms with Gasteiger partial charge in [-0.3, -0.25) is 4.98 Å². The molecule has 0 spiro atoms. The third kappa shape index (κ3) is 5.68. The highest BCUT2D eigenvalue weighted by molar-refractivity contribution is 5.67. The molecule has 162 valence electrons. The molecule has 1 heterocycles. The smallest absolute Gasteiger partial charge is 0.405 e. The van der Waals surface area contributed by atoms with Crippen LogP contribution >= 0.6 is 0 Å². The van der Waals surface area contributed by atoms with Crippen molar-refractivity contribution < 1.29 is 23.0 Å². The number of ether oxygens (including phenoxy) is 2. The van der Waals surface area contributed by atoms with Crippen molar-refractivity contribution in [3.8, 4) is 16.9 Å². The summed E-state index contributed by atoms with van der Waals surface area (Å²) in [6.45, 7) is 6.06. The maximum absolute atomic E-state index is 13.0. The molecule has 1 atom stereocenters. The Balaban J connectivity index is 1.84. The molecule has 1 saturated carbocycles. The van der Waals surface area contributed by atoms with E-state index in [0.717, 1.165) is 24.0 Å². The summed E-state index contributed by atoms with van der Waals surface area (Å²) < 4.78 is 37.5. The molecule has 30 heavy (non-hydrogen) atoms. The number of aromatic nitrogens is 1. The predicted molar refractivity (Wildman–Crippen MR) is 111 cm³/mol. The van der Waals surface area contributed by atoms with Crippen molar-refractivity contribution in [1.82, 2.24) is 4.98 Å². The van der Waals surface area contributed by atoms with Crippen molar-refractivity contribution in [2.45, 2.75) is 58.0 Å². The number of carbonyl (C=O) groups excluding carboxylic acids is 1. The van der Waals surface area contributed by atoms with Crippen LogP contribution in [0.3, 0.4) is 0 Å². The molecule has 3 rings (SSSR count). The number of primary amides is 1. The van der Waals surface area contributed by atoms with Crippen LogP contribution in [0, 0.1) is 5.92 Å². The highest BCUT2D eigenvalue weighted by atomic mass is 19.3. The van der Waals surface area contributed by atoms with Gasteiger partial charge >= 0.3 is 6.09 Å². The van der Waals surface area contributed by atoms with Crippen molar-refractivity contribution in [3.63, 3.8) is 0 Å². The van der Waals surface area contributed by atoms with Gasteiger partial charge in [-0.15, -0.1) is 0 Å². The molecule has 0 unspecified atom stereocenters. The third-order valence-corrected chi connectivity index (χ3v) is 5.08. The van der Waals surface area contributed by atoms with E-state index in [1.54, 1.807) is 6.07 Å². The summed E-state index contributed by atoms with van der Waals surface area (Å²) >= 11 is 0. The molecular weight excluding hydrogens is 390 g/mol. The van der Waals surface area contributed by atoms with Crippen LogP contribution in [-0.2, 0) is 4.74 Å². The van der Waals surface area contributed by atoms with Crippen molar-refractivity contribution in [2.75, 3.05) is 6.61 Å². The molecule has 1 aliphatic rings. The SMILES string of the molecule is CC(C)C[C@@](C)(COc1ccc(-c2ccnc(C(F)F)c2)cc1C1CC1)OC(N)=O. The summed E-state index contributed by atoms with van der Waals surface area (Å²) in [5.74, 6) is 1.39. The fraction of sp³-hybridized carbons (Fsp3) is 0.478. The molecule has 0 bridgehead atoms. The summed E-state index contributed by atoms with van der Waals surface area (Å²) in [5, 5.41) is 0. The Bertz CT molecular complexity index is 900. The van der Waals surface area contributed by atoms with Crippen LogP contribution in [0.5, 0.6) is 5.75 Å². The van der Waals surface area contributed by atoms with Crippen molar-refractivity contribution >= 4 is 6.09 Å². The number of amides is 1. The molecule has 0 aliphatic heterocycles. The van der Waals surface area contributed by atoms with Crippen molar-refractivity contribution in [3.05, 3.63) is 47.8 Å². The second kappa shape index (κ2) is 8.98. The Kier molecular flexibility index (Phi) is 6.58. The molecule has 1 fully saturated rings. The zero-order chi connectivity index (χ0) is 21.9. The average molecular weight is 418 g/mol. The lowest BCUT2D eigenvalue weighted by Crippen LogP contribution is -2.41. The zero-order valence-electron chi connectivity index (χ0n) is 17.5. The van der Waals surface area contributed by atoms with Crippen LogP contribution in [0.2, 0.25) is 0 Å². The summed E-state index contributed by atoms with van der Waals surface area (Å²) in [4.78, 5) is 15.1. The van der Waals surface area contributed by atoms with Gasteiger partial charge in [-0.1, -0.05) is 19.9 Å². The largest absolute Gasteiger partial charge is 0.489 e. The first-order chi connectivity index (χ1) is 14.2. The third-order valence-electron chi connectivity index (χ3n) is 5.08. The first kappa shape index (κ1) is 22.0. The van der Waals surface area contributed by atoms with E-state index in [-0.39, 0.29) is 12.3 Å². The topological polar surface area (TPSA) is 74.4 Å². The quantitative estimate of drug-likeness (QED) is 0.555. The van der Waals surface area contributed by atoms with Crippen LogP contribution in [0.25, 0.3) is 11.1 Å². The highest BCUT2D eigenvalue weighted by Crippen LogP contribution is 2.46. The molecule has 0 radical (unpaired) electrons. The molecule has 0 saturated heterocycles. The maximum Gasteiger partial charge on any atom is 0.405 e. The molecule has 1 amide bonds. The fourth-order valence-corrected chi connectivity index (χ4v) is 3.79. The standard InChI is InChI=1S/C23H28F2N2O3/c1-14(2)12-23(3,30-22(26)28)13-29-20-7-6-16(10-18(20)15-4-5-15)17-8-9-27-19(11-17)21(24)25/h6-11,14-15,21H,4-5,12-13H2,1-3H3,(H2,26,28)/t23-/m0/s1. The Morgan fingerprint density at radius 1 is 1.23 bits per heavy atom. The van der Waals surface area contributed by atoms with Crippen LogP contribution < -0.4 is 10.5 Å². The van der Waals surface area contributed by atoms with Gasteiger partial charge in [0.15, 0.2) is 0 Å². The van der Waals surface area contributed by atoms with Gasteiger partial charge in [-0.05, 0) is 79.0 Å². The number of nitrogens with two attached hydrogens (primary N) is 1. The number of benzene rings is 1. The minimum Gasteiger partial charge on any atom is -0.489 e. The summed E-state index contributed by atoms with van der Waals surface area (Å²) in [7, 11) is 0. The van der Waals surface area contributed by atoms with E-state index >= 15 is 0 Å². The first-order valence-corrected chi connectivity index (χ1v) is 10.2. The first-order valence-electron chi connectivity index (χ1n) is 10.2. The van der Waals surface area contributed by atoms with E-state index in [9.17, 15) is 13.6 Å². The van der Waals surface area contributed by atoms with Gasteiger partial charge in [-0.2, -0.15) is 0 Å². The number of hydrogen-bond acceptors (Lipinski definition) is 4. The maximum atomic E-state index is 13.0. The van der Waals surface area contributed by atoms with Crippen LogP contribution in [0.15, 0.2) is 36.5 Å². The van der Waals surface area contributed by atoms with E-state index in [0.29, 0.717) is 29.6 Å². The van der Waals surface area contributed by atoms with Gasteiger partial charge in [0.25, 0.3) is 6.43 Å². The second-order valence-electron chi connectivity index (χ2n) is 8.55. The minimum absolute atomic E-state index is 0.179. The monoisotopic (exact) mass is 418 g/mol. The lowest BCUT2D eigenvalue weighted by Gasteiger charge is -2.30. The molecule has 7 heteroatoms. The molecule has 1 aromatic heterocycles. The molecule has 1 aliphatic carbocycles. The van der Waals surface area contributed by atoms with Crippen LogP contribution in [-0.4, -0.2) is 23.3 Å². The Labute approximate surface area is 175 Å². The molecular formula is C23H28F2N2O3. The normalized spacial score (nSPS) is 15.8. The predicted octanol–water partition coefficient (Wildman–Crippen LogP) is 5.84. The number of hydrogen-bond donors (Lipinski definition) is 1. The molecule has 5 nitrogen and oxygen atoms in total. The Morgan fingerprint density at radius 2 is 1.93 bits per heavy atom. The molecule has 2 N–H and O–H groups in total. The number of halogens is 2. The summed E-state index contributed by atoms with van der Waals surface area (Å²) in [6.07, 6.45) is 0.682. The number of nitrogens with zero attached hydrogens (tertiary/aromatic N) is 1. The van der Waals surface area contributed by atoms with E-state index in [1.807, 2.05) is 39.0 Å². The van der Waals surface area contributed by atoms with Crippen molar-refractivity contribution in [2.24, 2.45) is 11.7 Å². The van der Waals surface area contributed by atoms with Gasteiger partial charge in [0, 0.05) is 6.20 Å². The highest BCUT2D eigenvalue weighted by Gasteiger charge is 2.32. The number of pyridine rings is 1. The summed E-state index contributed by atoms with van der Waals surface area (Å²) in [5.41, 5.74) is 6.74. The number of alkyl halides is 2. The van der Waals surface area contributed by atoms with Gasteiger partial charge < -0.3 is 15.2 Å². The fourth-order valence-electron chi connectivity index (χ4n) is 3.79. The van der Waals surface area contributed by atoms with Gasteiger partial charge in [0.05, 0.1) is 0 Å². The molecule has 1 aromatic carbocycles. The number of carbonyl (C=O) groups is 1. The molecule has 2 aromatic rings. The lowest BCUT2D eigenvalue weighted by molar-refractivity contribution is -0.0188. The number of rotatable bonds is 9. The Morgan fingerprint density at radius 3 is 2.53 bits per heavy atom.